The molecule has 2 heterocycles. The lowest BCUT2D eigenvalue weighted by molar-refractivity contribution is 0.526. The van der Waals surface area contributed by atoms with Gasteiger partial charge >= 0.3 is 0 Å². The van der Waals surface area contributed by atoms with Crippen LogP contribution in [0.3, 0.4) is 0 Å². The van der Waals surface area contributed by atoms with Crippen LogP contribution in [0.4, 0.5) is 0 Å². The average Bonchev–Trinajstić information content (AvgIpc) is 2.62. The second-order valence-electron chi connectivity index (χ2n) is 2.71. The van der Waals surface area contributed by atoms with Gasteiger partial charge in [0.05, 0.1) is 6.20 Å². The number of oxazole rings is 1. The molecule has 0 saturated carbocycles. The summed E-state index contributed by atoms with van der Waals surface area (Å²) in [6.45, 7) is 1.76. The summed E-state index contributed by atoms with van der Waals surface area (Å²) in [6.07, 6.45) is 4.45. The summed E-state index contributed by atoms with van der Waals surface area (Å²) in [6, 6.07) is 3.55. The van der Waals surface area contributed by atoms with E-state index < -0.39 is 0 Å². The van der Waals surface area contributed by atoms with Crippen LogP contribution in [0.2, 0.25) is 0 Å². The molecule has 0 aliphatic heterocycles. The van der Waals surface area contributed by atoms with Crippen molar-refractivity contribution < 1.29 is 4.42 Å². The molecule has 0 unspecified atom stereocenters. The molecule has 0 spiro atoms. The molecular formula is C9H8N2O2. The van der Waals surface area contributed by atoms with Crippen LogP contribution in [0, 0.1) is 6.92 Å². The van der Waals surface area contributed by atoms with Crippen LogP contribution < -0.4 is 5.56 Å². The van der Waals surface area contributed by atoms with Gasteiger partial charge in [-0.05, 0) is 13.0 Å². The zero-order valence-electron chi connectivity index (χ0n) is 7.10. The smallest absolute Gasteiger partial charge is 0.260 e. The molecule has 4 nitrogen and oxygen atoms in total. The van der Waals surface area contributed by atoms with Crippen LogP contribution in [0.5, 0.6) is 0 Å². The summed E-state index contributed by atoms with van der Waals surface area (Å²) < 4.78 is 6.43. The number of aromatic nitrogens is 2. The van der Waals surface area contributed by atoms with E-state index in [9.17, 15) is 4.79 Å². The van der Waals surface area contributed by atoms with Crippen molar-refractivity contribution in [3.05, 3.63) is 46.8 Å². The SMILES string of the molecule is Cc1cccn(-c2cnco2)c1=O. The Morgan fingerprint density at radius 1 is 1.54 bits per heavy atom. The molecule has 13 heavy (non-hydrogen) atoms. The third kappa shape index (κ3) is 1.26. The Balaban J connectivity index is 2.66. The summed E-state index contributed by atoms with van der Waals surface area (Å²) in [4.78, 5) is 15.3. The van der Waals surface area contributed by atoms with Crippen molar-refractivity contribution >= 4 is 0 Å². The van der Waals surface area contributed by atoms with Crippen LogP contribution in [0.25, 0.3) is 5.88 Å². The second-order valence-corrected chi connectivity index (χ2v) is 2.71. The van der Waals surface area contributed by atoms with Crippen LogP contribution >= 0.6 is 0 Å². The van der Waals surface area contributed by atoms with Gasteiger partial charge in [0.15, 0.2) is 6.39 Å². The normalized spacial score (nSPS) is 10.2. The average molecular weight is 176 g/mol. The molecule has 0 saturated heterocycles. The van der Waals surface area contributed by atoms with Gasteiger partial charge in [0.1, 0.15) is 0 Å². The van der Waals surface area contributed by atoms with Gasteiger partial charge in [-0.25, -0.2) is 4.98 Å². The maximum absolute atomic E-state index is 11.5. The minimum atomic E-state index is -0.0840. The fraction of sp³-hybridized carbons (Fsp3) is 0.111. The van der Waals surface area contributed by atoms with E-state index >= 15 is 0 Å². The molecule has 0 bridgehead atoms. The molecular weight excluding hydrogens is 168 g/mol. The molecule has 0 N–H and O–H groups in total. The van der Waals surface area contributed by atoms with Gasteiger partial charge in [0, 0.05) is 11.8 Å². The number of aryl methyl sites for hydroxylation is 1. The summed E-state index contributed by atoms with van der Waals surface area (Å²) >= 11 is 0. The molecule has 0 fully saturated rings. The first-order valence-electron chi connectivity index (χ1n) is 3.86. The zero-order chi connectivity index (χ0) is 9.26. The van der Waals surface area contributed by atoms with E-state index in [-0.39, 0.29) is 5.56 Å². The van der Waals surface area contributed by atoms with Crippen LogP contribution in [-0.4, -0.2) is 9.55 Å². The predicted octanol–water partition coefficient (Wildman–Crippen LogP) is 1.13. The Kier molecular flexibility index (Phi) is 1.73. The molecule has 0 aliphatic carbocycles. The Morgan fingerprint density at radius 2 is 2.38 bits per heavy atom. The fourth-order valence-electron chi connectivity index (χ4n) is 1.10. The van der Waals surface area contributed by atoms with Gasteiger partial charge in [0.2, 0.25) is 5.88 Å². The lowest BCUT2D eigenvalue weighted by atomic mass is 10.3. The monoisotopic (exact) mass is 176 g/mol. The van der Waals surface area contributed by atoms with Gasteiger partial charge in [-0.1, -0.05) is 6.07 Å². The molecule has 4 heteroatoms. The third-order valence-corrected chi connectivity index (χ3v) is 1.79. The molecule has 2 aromatic rings. The Bertz CT molecular complexity index is 457. The fourth-order valence-corrected chi connectivity index (χ4v) is 1.10. The van der Waals surface area contributed by atoms with Crippen LogP contribution in [0.1, 0.15) is 5.56 Å². The molecule has 0 aliphatic rings. The highest BCUT2D eigenvalue weighted by Gasteiger charge is 2.02. The Hall–Kier alpha value is -1.84. The van der Waals surface area contributed by atoms with Gasteiger partial charge in [-0.15, -0.1) is 0 Å². The number of pyridine rings is 1. The van der Waals surface area contributed by atoms with Crippen LogP contribution in [0.15, 0.2) is 40.1 Å². The molecule has 0 amide bonds. The van der Waals surface area contributed by atoms with Crippen LogP contribution in [-0.2, 0) is 0 Å². The second kappa shape index (κ2) is 2.90. The van der Waals surface area contributed by atoms with E-state index in [0.29, 0.717) is 11.4 Å². The van der Waals surface area contributed by atoms with Crippen molar-refractivity contribution in [1.82, 2.24) is 9.55 Å². The lowest BCUT2D eigenvalue weighted by Gasteiger charge is -1.99. The lowest BCUT2D eigenvalue weighted by Crippen LogP contribution is -2.18. The number of rotatable bonds is 1. The van der Waals surface area contributed by atoms with Gasteiger partial charge < -0.3 is 4.42 Å². The van der Waals surface area contributed by atoms with Gasteiger partial charge in [-0.2, -0.15) is 0 Å². The van der Waals surface area contributed by atoms with Crippen molar-refractivity contribution in [2.24, 2.45) is 0 Å². The molecule has 0 atom stereocenters. The first kappa shape index (κ1) is 7.79. The van der Waals surface area contributed by atoms with E-state index in [0.717, 1.165) is 0 Å². The zero-order valence-corrected chi connectivity index (χ0v) is 7.10. The maximum Gasteiger partial charge on any atom is 0.260 e. The van der Waals surface area contributed by atoms with Gasteiger partial charge in [0.25, 0.3) is 5.56 Å². The summed E-state index contributed by atoms with van der Waals surface area (Å²) in [5, 5.41) is 0. The van der Waals surface area contributed by atoms with E-state index in [1.54, 1.807) is 25.3 Å². The summed E-state index contributed by atoms with van der Waals surface area (Å²) in [7, 11) is 0. The van der Waals surface area contributed by atoms with Crippen molar-refractivity contribution in [3.8, 4) is 5.88 Å². The van der Waals surface area contributed by atoms with Crippen molar-refractivity contribution in [3.63, 3.8) is 0 Å². The molecule has 66 valence electrons. The summed E-state index contributed by atoms with van der Waals surface area (Å²) in [5.74, 6) is 0.439. The number of nitrogens with zero attached hydrogens (tertiary/aromatic N) is 2. The summed E-state index contributed by atoms with van der Waals surface area (Å²) in [5.41, 5.74) is 0.596. The number of hydrogen-bond acceptors (Lipinski definition) is 3. The highest BCUT2D eigenvalue weighted by molar-refractivity contribution is 5.18. The Labute approximate surface area is 74.5 Å². The molecule has 2 aromatic heterocycles. The minimum Gasteiger partial charge on any atom is -0.427 e. The van der Waals surface area contributed by atoms with Gasteiger partial charge in [-0.3, -0.25) is 9.36 Å². The van der Waals surface area contributed by atoms with E-state index in [1.165, 1.54) is 17.2 Å². The van der Waals surface area contributed by atoms with Crippen molar-refractivity contribution in [1.29, 1.82) is 0 Å². The van der Waals surface area contributed by atoms with E-state index in [2.05, 4.69) is 4.98 Å². The minimum absolute atomic E-state index is 0.0840. The maximum atomic E-state index is 11.5. The highest BCUT2D eigenvalue weighted by Crippen LogP contribution is 2.02. The first-order valence-corrected chi connectivity index (χ1v) is 3.86. The topological polar surface area (TPSA) is 48.0 Å². The van der Waals surface area contributed by atoms with E-state index in [4.69, 9.17) is 4.42 Å². The number of hydrogen-bond donors (Lipinski definition) is 0. The molecule has 0 aromatic carbocycles. The molecule has 0 radical (unpaired) electrons. The standard InChI is InChI=1S/C9H8N2O2/c1-7-3-2-4-11(9(7)12)8-5-10-6-13-8/h2-6H,1H3. The Morgan fingerprint density at radius 3 is 3.08 bits per heavy atom. The largest absolute Gasteiger partial charge is 0.427 e. The quantitative estimate of drug-likeness (QED) is 0.654. The molecule has 2 rings (SSSR count). The third-order valence-electron chi connectivity index (χ3n) is 1.79. The predicted molar refractivity (Wildman–Crippen MR) is 46.8 cm³/mol. The first-order chi connectivity index (χ1) is 6.29. The van der Waals surface area contributed by atoms with E-state index in [1.807, 2.05) is 0 Å². The van der Waals surface area contributed by atoms with Crippen molar-refractivity contribution in [2.45, 2.75) is 6.92 Å². The highest BCUT2D eigenvalue weighted by atomic mass is 16.4. The van der Waals surface area contributed by atoms with Crippen molar-refractivity contribution in [2.75, 3.05) is 0 Å².